The van der Waals surface area contributed by atoms with Crippen molar-refractivity contribution in [3.8, 4) is 0 Å². The third kappa shape index (κ3) is 10.3. The maximum absolute atomic E-state index is 10.9. The molecule has 0 atom stereocenters. The summed E-state index contributed by atoms with van der Waals surface area (Å²) in [6.07, 6.45) is 1.80. The Kier molecular flexibility index (Phi) is 9.31. The van der Waals surface area contributed by atoms with Gasteiger partial charge in [0.25, 0.3) is 0 Å². The van der Waals surface area contributed by atoms with E-state index in [-0.39, 0.29) is 26.2 Å². The standard InChI is InChI=1S/C12H23N3O5/c1-2-3-4-14(8-11(17)18)5-6-15(7-10(13)16)9-12(19)20/h2-9H2,1H3,(H2,13,16)(H,17,18)(H,19,20). The molecule has 0 saturated heterocycles. The second-order valence-corrected chi connectivity index (χ2v) is 4.59. The number of carbonyl (C=O) groups is 3. The van der Waals surface area contributed by atoms with Crippen LogP contribution < -0.4 is 5.73 Å². The Morgan fingerprint density at radius 1 is 0.900 bits per heavy atom. The summed E-state index contributed by atoms with van der Waals surface area (Å²) in [5, 5.41) is 17.6. The van der Waals surface area contributed by atoms with E-state index >= 15 is 0 Å². The number of carboxylic acid groups (broad SMARTS) is 2. The van der Waals surface area contributed by atoms with Gasteiger partial charge in [-0.3, -0.25) is 24.2 Å². The third-order valence-electron chi connectivity index (χ3n) is 2.66. The molecule has 0 rings (SSSR count). The molecular weight excluding hydrogens is 266 g/mol. The lowest BCUT2D eigenvalue weighted by molar-refractivity contribution is -0.140. The molecule has 0 bridgehead atoms. The molecule has 4 N–H and O–H groups in total. The van der Waals surface area contributed by atoms with Gasteiger partial charge in [0.1, 0.15) is 0 Å². The second kappa shape index (κ2) is 10.2. The summed E-state index contributed by atoms with van der Waals surface area (Å²) in [6, 6.07) is 0. The van der Waals surface area contributed by atoms with Crippen molar-refractivity contribution in [3.63, 3.8) is 0 Å². The number of nitrogens with zero attached hydrogens (tertiary/aromatic N) is 2. The van der Waals surface area contributed by atoms with Gasteiger partial charge in [-0.2, -0.15) is 0 Å². The Morgan fingerprint density at radius 3 is 1.85 bits per heavy atom. The highest BCUT2D eigenvalue weighted by Gasteiger charge is 2.15. The topological polar surface area (TPSA) is 124 Å². The van der Waals surface area contributed by atoms with Crippen LogP contribution in [-0.4, -0.2) is 77.1 Å². The van der Waals surface area contributed by atoms with E-state index in [1.165, 1.54) is 4.90 Å². The smallest absolute Gasteiger partial charge is 0.317 e. The van der Waals surface area contributed by atoms with Crippen molar-refractivity contribution in [3.05, 3.63) is 0 Å². The minimum atomic E-state index is -1.05. The number of carbonyl (C=O) groups excluding carboxylic acids is 1. The molecule has 0 aliphatic carbocycles. The molecule has 116 valence electrons. The van der Waals surface area contributed by atoms with Gasteiger partial charge in [0, 0.05) is 13.1 Å². The number of unbranched alkanes of at least 4 members (excludes halogenated alkanes) is 1. The number of aliphatic carboxylic acids is 2. The summed E-state index contributed by atoms with van der Waals surface area (Å²) in [5.41, 5.74) is 5.06. The molecular formula is C12H23N3O5. The van der Waals surface area contributed by atoms with Crippen molar-refractivity contribution in [2.45, 2.75) is 19.8 Å². The van der Waals surface area contributed by atoms with Gasteiger partial charge >= 0.3 is 11.9 Å². The van der Waals surface area contributed by atoms with E-state index in [4.69, 9.17) is 15.9 Å². The first-order valence-corrected chi connectivity index (χ1v) is 6.51. The first-order chi connectivity index (χ1) is 9.35. The fourth-order valence-electron chi connectivity index (χ4n) is 1.75. The Balaban J connectivity index is 4.38. The molecule has 0 aliphatic heterocycles. The normalized spacial score (nSPS) is 10.9. The van der Waals surface area contributed by atoms with Crippen LogP contribution in [0.2, 0.25) is 0 Å². The summed E-state index contributed by atoms with van der Waals surface area (Å²) >= 11 is 0. The van der Waals surface area contributed by atoms with E-state index in [2.05, 4.69) is 0 Å². The number of hydrogen-bond acceptors (Lipinski definition) is 5. The summed E-state index contributed by atoms with van der Waals surface area (Å²) in [4.78, 5) is 35.4. The molecule has 0 spiro atoms. The summed E-state index contributed by atoms with van der Waals surface area (Å²) in [5.74, 6) is -2.59. The fourth-order valence-corrected chi connectivity index (χ4v) is 1.75. The van der Waals surface area contributed by atoms with Crippen LogP contribution in [0.1, 0.15) is 19.8 Å². The van der Waals surface area contributed by atoms with E-state index in [0.29, 0.717) is 13.1 Å². The number of primary amides is 1. The lowest BCUT2D eigenvalue weighted by Gasteiger charge is -2.24. The molecule has 0 heterocycles. The van der Waals surface area contributed by atoms with Gasteiger partial charge in [0.15, 0.2) is 0 Å². The number of amides is 1. The van der Waals surface area contributed by atoms with Crippen LogP contribution in [0.5, 0.6) is 0 Å². The zero-order valence-electron chi connectivity index (χ0n) is 11.7. The van der Waals surface area contributed by atoms with Crippen LogP contribution in [-0.2, 0) is 14.4 Å². The average Bonchev–Trinajstić information content (AvgIpc) is 2.30. The summed E-state index contributed by atoms with van der Waals surface area (Å²) in [7, 11) is 0. The van der Waals surface area contributed by atoms with E-state index < -0.39 is 17.8 Å². The van der Waals surface area contributed by atoms with E-state index in [1.54, 1.807) is 4.90 Å². The first kappa shape index (κ1) is 18.3. The molecule has 8 nitrogen and oxygen atoms in total. The fraction of sp³-hybridized carbons (Fsp3) is 0.750. The van der Waals surface area contributed by atoms with Gasteiger partial charge in [-0.1, -0.05) is 13.3 Å². The SMILES string of the molecule is CCCCN(CCN(CC(N)=O)CC(=O)O)CC(=O)O. The van der Waals surface area contributed by atoms with Gasteiger partial charge in [-0.25, -0.2) is 0 Å². The highest BCUT2D eigenvalue weighted by atomic mass is 16.4. The van der Waals surface area contributed by atoms with Crippen molar-refractivity contribution in [2.75, 3.05) is 39.3 Å². The molecule has 0 saturated carbocycles. The molecule has 0 unspecified atom stereocenters. The van der Waals surface area contributed by atoms with E-state index in [9.17, 15) is 14.4 Å². The number of carboxylic acids is 2. The maximum Gasteiger partial charge on any atom is 0.317 e. The molecule has 0 fully saturated rings. The minimum absolute atomic E-state index is 0.0997. The van der Waals surface area contributed by atoms with Crippen LogP contribution in [0, 0.1) is 0 Å². The predicted octanol–water partition coefficient (Wildman–Crippen LogP) is -0.955. The van der Waals surface area contributed by atoms with Crippen LogP contribution in [0.25, 0.3) is 0 Å². The Labute approximate surface area is 118 Å². The average molecular weight is 289 g/mol. The molecule has 0 radical (unpaired) electrons. The predicted molar refractivity (Wildman–Crippen MR) is 72.3 cm³/mol. The monoisotopic (exact) mass is 289 g/mol. The van der Waals surface area contributed by atoms with Gasteiger partial charge < -0.3 is 15.9 Å². The number of hydrogen-bond donors (Lipinski definition) is 3. The molecule has 0 aromatic heterocycles. The zero-order valence-corrected chi connectivity index (χ0v) is 11.7. The molecule has 20 heavy (non-hydrogen) atoms. The van der Waals surface area contributed by atoms with Gasteiger partial charge in [-0.15, -0.1) is 0 Å². The second-order valence-electron chi connectivity index (χ2n) is 4.59. The molecule has 0 aromatic carbocycles. The van der Waals surface area contributed by atoms with Crippen molar-refractivity contribution in [2.24, 2.45) is 5.73 Å². The third-order valence-corrected chi connectivity index (χ3v) is 2.66. The van der Waals surface area contributed by atoms with Crippen LogP contribution in [0.15, 0.2) is 0 Å². The van der Waals surface area contributed by atoms with Crippen LogP contribution in [0.3, 0.4) is 0 Å². The summed E-state index contributed by atoms with van der Waals surface area (Å²) in [6.45, 7) is 2.75. The highest BCUT2D eigenvalue weighted by molar-refractivity contribution is 5.77. The maximum atomic E-state index is 10.9. The van der Waals surface area contributed by atoms with E-state index in [1.807, 2.05) is 6.92 Å². The lowest BCUT2D eigenvalue weighted by Crippen LogP contribution is -2.43. The largest absolute Gasteiger partial charge is 0.480 e. The molecule has 8 heteroatoms. The lowest BCUT2D eigenvalue weighted by atomic mass is 10.3. The zero-order chi connectivity index (χ0) is 15.5. The Morgan fingerprint density at radius 2 is 1.40 bits per heavy atom. The molecule has 1 amide bonds. The molecule has 0 aliphatic rings. The van der Waals surface area contributed by atoms with Crippen LogP contribution in [0.4, 0.5) is 0 Å². The Bertz CT molecular complexity index is 319. The first-order valence-electron chi connectivity index (χ1n) is 6.51. The minimum Gasteiger partial charge on any atom is -0.480 e. The number of rotatable bonds is 12. The number of nitrogens with two attached hydrogens (primary N) is 1. The quantitative estimate of drug-likeness (QED) is 0.423. The van der Waals surface area contributed by atoms with Gasteiger partial charge in [0.2, 0.25) is 5.91 Å². The van der Waals surface area contributed by atoms with Crippen molar-refractivity contribution < 1.29 is 24.6 Å². The van der Waals surface area contributed by atoms with Crippen molar-refractivity contribution in [1.82, 2.24) is 9.80 Å². The van der Waals surface area contributed by atoms with E-state index in [0.717, 1.165) is 12.8 Å². The molecule has 0 aromatic rings. The van der Waals surface area contributed by atoms with Crippen molar-refractivity contribution in [1.29, 1.82) is 0 Å². The Hall–Kier alpha value is -1.67. The van der Waals surface area contributed by atoms with Crippen molar-refractivity contribution >= 4 is 17.8 Å². The van der Waals surface area contributed by atoms with Gasteiger partial charge in [-0.05, 0) is 13.0 Å². The van der Waals surface area contributed by atoms with Gasteiger partial charge in [0.05, 0.1) is 19.6 Å². The summed E-state index contributed by atoms with van der Waals surface area (Å²) < 4.78 is 0. The van der Waals surface area contributed by atoms with Crippen LogP contribution >= 0.6 is 0 Å². The highest BCUT2D eigenvalue weighted by Crippen LogP contribution is 1.97.